The van der Waals surface area contributed by atoms with Crippen LogP contribution in [0.25, 0.3) is 11.1 Å². The zero-order valence-electron chi connectivity index (χ0n) is 17.2. The number of nitro groups is 1. The van der Waals surface area contributed by atoms with Crippen molar-refractivity contribution < 1.29 is 33.3 Å². The third-order valence-corrected chi connectivity index (χ3v) is 4.23. The molecule has 0 N–H and O–H groups in total. The Labute approximate surface area is 168 Å². The van der Waals surface area contributed by atoms with Gasteiger partial charge in [0.05, 0.1) is 44.1 Å². The van der Waals surface area contributed by atoms with Crippen LogP contribution in [0.5, 0.6) is 23.1 Å². The van der Waals surface area contributed by atoms with Crippen LogP contribution in [-0.2, 0) is 16.1 Å². The van der Waals surface area contributed by atoms with Crippen molar-refractivity contribution in [2.24, 2.45) is 0 Å². The number of hydrogen-bond acceptors (Lipinski definition) is 9. The lowest BCUT2D eigenvalue weighted by Crippen LogP contribution is -2.08. The maximum absolute atomic E-state index is 11.9. The summed E-state index contributed by atoms with van der Waals surface area (Å²) in [6.07, 6.45) is 0. The lowest BCUT2D eigenvalue weighted by Gasteiger charge is -2.19. The number of aromatic nitrogens is 1. The fourth-order valence-corrected chi connectivity index (χ4v) is 2.96. The van der Waals surface area contributed by atoms with Gasteiger partial charge < -0.3 is 28.4 Å². The van der Waals surface area contributed by atoms with Crippen LogP contribution in [-0.4, -0.2) is 52.2 Å². The molecule has 1 aromatic heterocycles. The van der Waals surface area contributed by atoms with Gasteiger partial charge in [-0.25, -0.2) is 4.98 Å². The molecule has 0 bridgehead atoms. The van der Waals surface area contributed by atoms with Gasteiger partial charge in [0.25, 0.3) is 5.88 Å². The molecular weight excluding hydrogens is 384 g/mol. The van der Waals surface area contributed by atoms with Crippen molar-refractivity contribution in [1.82, 2.24) is 4.98 Å². The predicted octanol–water partition coefficient (Wildman–Crippen LogP) is 3.12. The van der Waals surface area contributed by atoms with Gasteiger partial charge in [-0.15, -0.1) is 0 Å². The summed E-state index contributed by atoms with van der Waals surface area (Å²) >= 11 is 0. The van der Waals surface area contributed by atoms with Gasteiger partial charge in [0.2, 0.25) is 5.75 Å². The molecule has 1 heterocycles. The van der Waals surface area contributed by atoms with Crippen LogP contribution in [0, 0.1) is 17.0 Å². The molecular formula is C19H24N2O8. The highest BCUT2D eigenvalue weighted by Gasteiger charge is 2.31. The average molecular weight is 408 g/mol. The molecule has 1 aromatic carbocycles. The van der Waals surface area contributed by atoms with Gasteiger partial charge in [-0.3, -0.25) is 10.1 Å². The van der Waals surface area contributed by atoms with Crippen molar-refractivity contribution in [1.29, 1.82) is 0 Å². The van der Waals surface area contributed by atoms with Gasteiger partial charge in [-0.2, -0.15) is 0 Å². The average Bonchev–Trinajstić information content (AvgIpc) is 2.72. The maximum Gasteiger partial charge on any atom is 0.339 e. The maximum atomic E-state index is 11.9. The number of rotatable bonds is 10. The number of hydrogen-bond donors (Lipinski definition) is 0. The first kappa shape index (κ1) is 22.2. The Morgan fingerprint density at radius 1 is 1.00 bits per heavy atom. The molecule has 10 heteroatoms. The van der Waals surface area contributed by atoms with Crippen molar-refractivity contribution in [3.05, 3.63) is 33.5 Å². The number of benzene rings is 1. The van der Waals surface area contributed by atoms with E-state index in [-0.39, 0.29) is 42.0 Å². The number of ether oxygens (including phenoxy) is 6. The first-order valence-corrected chi connectivity index (χ1v) is 8.52. The largest absolute Gasteiger partial charge is 0.493 e. The van der Waals surface area contributed by atoms with E-state index in [9.17, 15) is 10.1 Å². The highest BCUT2D eigenvalue weighted by molar-refractivity contribution is 5.86. The molecule has 2 rings (SSSR count). The lowest BCUT2D eigenvalue weighted by molar-refractivity contribution is -0.385. The van der Waals surface area contributed by atoms with E-state index >= 15 is 0 Å². The van der Waals surface area contributed by atoms with E-state index in [0.717, 1.165) is 0 Å². The molecule has 2 aromatic rings. The molecule has 29 heavy (non-hydrogen) atoms. The third-order valence-electron chi connectivity index (χ3n) is 4.23. The molecule has 0 unspecified atom stereocenters. The van der Waals surface area contributed by atoms with Crippen molar-refractivity contribution in [3.8, 4) is 34.3 Å². The van der Waals surface area contributed by atoms with Crippen molar-refractivity contribution in [3.63, 3.8) is 0 Å². The van der Waals surface area contributed by atoms with Crippen LogP contribution in [0.4, 0.5) is 5.69 Å². The molecule has 10 nitrogen and oxygen atoms in total. The summed E-state index contributed by atoms with van der Waals surface area (Å²) in [5, 5.41) is 11.9. The second-order valence-corrected chi connectivity index (χ2v) is 5.84. The minimum atomic E-state index is -0.540. The summed E-state index contributed by atoms with van der Waals surface area (Å²) in [5.74, 6) is 0.785. The summed E-state index contributed by atoms with van der Waals surface area (Å²) in [6.45, 7) is 1.77. The Morgan fingerprint density at radius 2 is 1.72 bits per heavy atom. The summed E-state index contributed by atoms with van der Waals surface area (Å²) in [5.41, 5.74) is 1.44. The molecule has 0 saturated carbocycles. The van der Waals surface area contributed by atoms with Gasteiger partial charge in [-0.1, -0.05) is 0 Å². The molecule has 0 aliphatic rings. The van der Waals surface area contributed by atoms with Crippen molar-refractivity contribution in [2.45, 2.75) is 13.5 Å². The zero-order valence-corrected chi connectivity index (χ0v) is 17.2. The second kappa shape index (κ2) is 9.89. The van der Waals surface area contributed by atoms with Crippen molar-refractivity contribution >= 4 is 5.69 Å². The van der Waals surface area contributed by atoms with E-state index in [2.05, 4.69) is 4.98 Å². The molecule has 158 valence electrons. The van der Waals surface area contributed by atoms with E-state index in [1.54, 1.807) is 19.1 Å². The van der Waals surface area contributed by atoms with Crippen LogP contribution in [0.2, 0.25) is 0 Å². The minimum absolute atomic E-state index is 0.101. The Bertz CT molecular complexity index is 885. The number of methoxy groups -OCH3 is 5. The van der Waals surface area contributed by atoms with Gasteiger partial charge in [-0.05, 0) is 24.6 Å². The fraction of sp³-hybridized carbons (Fsp3) is 0.421. The summed E-state index contributed by atoms with van der Waals surface area (Å²) < 4.78 is 31.9. The van der Waals surface area contributed by atoms with Gasteiger partial charge >= 0.3 is 5.69 Å². The van der Waals surface area contributed by atoms with Crippen LogP contribution >= 0.6 is 0 Å². The molecule has 0 aliphatic carbocycles. The lowest BCUT2D eigenvalue weighted by atomic mass is 9.96. The molecule has 0 spiro atoms. The molecule has 0 fully saturated rings. The minimum Gasteiger partial charge on any atom is -0.493 e. The van der Waals surface area contributed by atoms with Gasteiger partial charge in [0.15, 0.2) is 18.3 Å². The topological polar surface area (TPSA) is 111 Å². The first-order chi connectivity index (χ1) is 13.9. The number of nitrogens with zero attached hydrogens (tertiary/aromatic N) is 2. The Morgan fingerprint density at radius 3 is 2.24 bits per heavy atom. The first-order valence-electron chi connectivity index (χ1n) is 8.52. The molecule has 0 amide bonds. The van der Waals surface area contributed by atoms with Gasteiger partial charge in [0, 0.05) is 19.8 Å². The number of pyridine rings is 1. The van der Waals surface area contributed by atoms with Crippen LogP contribution in [0.1, 0.15) is 11.3 Å². The Hall–Kier alpha value is -3.11. The van der Waals surface area contributed by atoms with Crippen LogP contribution in [0.3, 0.4) is 0 Å². The molecule has 0 aliphatic heterocycles. The Kier molecular flexibility index (Phi) is 7.57. The monoisotopic (exact) mass is 408 g/mol. The van der Waals surface area contributed by atoms with Gasteiger partial charge in [0.1, 0.15) is 0 Å². The quantitative estimate of drug-likeness (QED) is 0.332. The summed E-state index contributed by atoms with van der Waals surface area (Å²) in [6, 6.07) is 3.29. The normalized spacial score (nSPS) is 10.6. The Balaban J connectivity index is 2.94. The summed E-state index contributed by atoms with van der Waals surface area (Å²) in [4.78, 5) is 15.6. The SMILES string of the molecule is COCOc1c(-c2c(C)c(COC)nc(OC)c2[N+](=O)[O-])ccc(OC)c1OC. The predicted molar refractivity (Wildman–Crippen MR) is 104 cm³/mol. The highest BCUT2D eigenvalue weighted by atomic mass is 16.7. The second-order valence-electron chi connectivity index (χ2n) is 5.84. The van der Waals surface area contributed by atoms with Crippen LogP contribution < -0.4 is 18.9 Å². The fourth-order valence-electron chi connectivity index (χ4n) is 2.96. The molecule has 0 radical (unpaired) electrons. The van der Waals surface area contributed by atoms with E-state index in [1.165, 1.54) is 35.5 Å². The summed E-state index contributed by atoms with van der Waals surface area (Å²) in [7, 11) is 7.23. The van der Waals surface area contributed by atoms with E-state index in [4.69, 9.17) is 28.4 Å². The van der Waals surface area contributed by atoms with E-state index < -0.39 is 4.92 Å². The van der Waals surface area contributed by atoms with E-state index in [0.29, 0.717) is 22.6 Å². The van der Waals surface area contributed by atoms with E-state index in [1.807, 2.05) is 0 Å². The standard InChI is InChI=1S/C19H24N2O8/c1-11-13(9-24-2)20-19(28-6)16(21(22)23)15(11)12-7-8-14(26-4)18(27-5)17(12)29-10-25-3/h7-8H,9-10H2,1-6H3. The van der Waals surface area contributed by atoms with Crippen LogP contribution in [0.15, 0.2) is 12.1 Å². The third kappa shape index (κ3) is 4.33. The zero-order chi connectivity index (χ0) is 21.6. The molecule has 0 atom stereocenters. The molecule has 0 saturated heterocycles. The van der Waals surface area contributed by atoms with Crippen molar-refractivity contribution in [2.75, 3.05) is 42.3 Å². The highest BCUT2D eigenvalue weighted by Crippen LogP contribution is 2.49. The smallest absolute Gasteiger partial charge is 0.339 e.